The van der Waals surface area contributed by atoms with Crippen LogP contribution in [-0.2, 0) is 0 Å². The molecule has 6 rings (SSSR count). The minimum Gasteiger partial charge on any atom is -0.453 e. The zero-order valence-electron chi connectivity index (χ0n) is 24.1. The summed E-state index contributed by atoms with van der Waals surface area (Å²) in [4.78, 5) is 0.899. The van der Waals surface area contributed by atoms with E-state index in [-0.39, 0.29) is 22.7 Å². The fourth-order valence-electron chi connectivity index (χ4n) is 4.39. The van der Waals surface area contributed by atoms with Crippen LogP contribution < -0.4 is 41.9 Å². The molecule has 0 aliphatic carbocycles. The predicted molar refractivity (Wildman–Crippen MR) is 181 cm³/mol. The molecule has 0 fully saturated rings. The number of hydrogen-bond donors (Lipinski definition) is 4. The Labute approximate surface area is 265 Å². The molecule has 0 amide bonds. The van der Waals surface area contributed by atoms with Gasteiger partial charge >= 0.3 is 0 Å². The molecule has 9 heteroatoms. The van der Waals surface area contributed by atoms with Gasteiger partial charge in [0.25, 0.3) is 0 Å². The van der Waals surface area contributed by atoms with E-state index in [1.165, 1.54) is 11.8 Å². The van der Waals surface area contributed by atoms with Crippen molar-refractivity contribution in [2.75, 3.05) is 22.9 Å². The standard InChI is InChI=1S/C36H30N4O4S/c37-27-21-29(41-23-13-5-1-6-14-23)33(43-25-17-9-3-10-18-25)35(31(27)39)45-36-32(40)28(38)22-30(42-24-15-7-2-8-16-24)34(36)44-26-19-11-4-12-20-26/h1-22H,37-40H2. The quantitative estimate of drug-likeness (QED) is 0.111. The SMILES string of the molecule is Nc1cc(Oc2ccccc2)c(Oc2ccccc2)c(Sc2c(N)c(N)cc(Oc3ccccc3)c2Oc2ccccc2)c1N. The lowest BCUT2D eigenvalue weighted by molar-refractivity contribution is 0.409. The van der Waals surface area contributed by atoms with Gasteiger partial charge in [-0.2, -0.15) is 0 Å². The monoisotopic (exact) mass is 614 g/mol. The Hall–Kier alpha value is -5.93. The molecule has 0 saturated carbocycles. The highest BCUT2D eigenvalue weighted by Gasteiger charge is 2.26. The van der Waals surface area contributed by atoms with E-state index in [4.69, 9.17) is 41.9 Å². The number of rotatable bonds is 10. The van der Waals surface area contributed by atoms with Crippen molar-refractivity contribution < 1.29 is 18.9 Å². The molecule has 0 atom stereocenters. The number of nitrogens with two attached hydrogens (primary N) is 4. The van der Waals surface area contributed by atoms with Gasteiger partial charge in [-0.15, -0.1) is 0 Å². The molecule has 0 heterocycles. The molecule has 0 aliphatic rings. The van der Waals surface area contributed by atoms with Crippen molar-refractivity contribution >= 4 is 34.5 Å². The summed E-state index contributed by atoms with van der Waals surface area (Å²) < 4.78 is 25.5. The largest absolute Gasteiger partial charge is 0.453 e. The molecule has 0 spiro atoms. The molecule has 6 aromatic rings. The van der Waals surface area contributed by atoms with Gasteiger partial charge in [0, 0.05) is 12.1 Å². The van der Waals surface area contributed by atoms with Crippen molar-refractivity contribution in [3.8, 4) is 46.0 Å². The van der Waals surface area contributed by atoms with Gasteiger partial charge in [0.2, 0.25) is 0 Å². The van der Waals surface area contributed by atoms with E-state index >= 15 is 0 Å². The third-order valence-corrected chi connectivity index (χ3v) is 7.84. The zero-order chi connectivity index (χ0) is 31.2. The van der Waals surface area contributed by atoms with E-state index in [2.05, 4.69) is 0 Å². The van der Waals surface area contributed by atoms with Crippen LogP contribution in [0.5, 0.6) is 46.0 Å². The third kappa shape index (κ3) is 6.69. The summed E-state index contributed by atoms with van der Waals surface area (Å²) in [6.45, 7) is 0. The van der Waals surface area contributed by atoms with E-state index in [1.54, 1.807) is 12.1 Å². The maximum absolute atomic E-state index is 6.67. The Bertz CT molecular complexity index is 1770. The molecule has 0 unspecified atom stereocenters. The highest BCUT2D eigenvalue weighted by molar-refractivity contribution is 8.00. The van der Waals surface area contributed by atoms with Crippen molar-refractivity contribution in [2.24, 2.45) is 0 Å². The second-order valence-corrected chi connectivity index (χ2v) is 10.9. The highest BCUT2D eigenvalue weighted by Crippen LogP contribution is 2.56. The lowest BCUT2D eigenvalue weighted by atomic mass is 10.2. The second kappa shape index (κ2) is 13.2. The van der Waals surface area contributed by atoms with Crippen molar-refractivity contribution in [2.45, 2.75) is 9.79 Å². The fraction of sp³-hybridized carbons (Fsp3) is 0. The Balaban J connectivity index is 1.53. The van der Waals surface area contributed by atoms with Gasteiger partial charge in [0.15, 0.2) is 23.0 Å². The number of hydrogen-bond acceptors (Lipinski definition) is 9. The summed E-state index contributed by atoms with van der Waals surface area (Å²) in [6.07, 6.45) is 0. The summed E-state index contributed by atoms with van der Waals surface area (Å²) >= 11 is 1.19. The third-order valence-electron chi connectivity index (χ3n) is 6.62. The lowest BCUT2D eigenvalue weighted by Crippen LogP contribution is -2.04. The Kier molecular flexibility index (Phi) is 8.52. The minimum atomic E-state index is 0.268. The summed E-state index contributed by atoms with van der Waals surface area (Å²) in [6, 6.07) is 40.5. The fourth-order valence-corrected chi connectivity index (χ4v) is 5.52. The summed E-state index contributed by atoms with van der Waals surface area (Å²) in [5.74, 6) is 3.68. The highest BCUT2D eigenvalue weighted by atomic mass is 32.2. The second-order valence-electron chi connectivity index (χ2n) is 9.83. The summed E-state index contributed by atoms with van der Waals surface area (Å²) in [7, 11) is 0. The maximum atomic E-state index is 6.67. The van der Waals surface area contributed by atoms with Crippen LogP contribution in [0.2, 0.25) is 0 Å². The smallest absolute Gasteiger partial charge is 0.186 e. The zero-order valence-corrected chi connectivity index (χ0v) is 24.9. The lowest BCUT2D eigenvalue weighted by Gasteiger charge is -2.22. The van der Waals surface area contributed by atoms with E-state index in [0.29, 0.717) is 55.8 Å². The van der Waals surface area contributed by atoms with Crippen LogP contribution in [-0.4, -0.2) is 0 Å². The number of nitrogen functional groups attached to an aromatic ring is 4. The van der Waals surface area contributed by atoms with Crippen LogP contribution in [0.3, 0.4) is 0 Å². The van der Waals surface area contributed by atoms with Crippen LogP contribution in [0.4, 0.5) is 22.7 Å². The van der Waals surface area contributed by atoms with Crippen LogP contribution in [0, 0.1) is 0 Å². The number of ether oxygens (including phenoxy) is 4. The number of anilines is 4. The molecule has 0 aromatic heterocycles. The normalized spacial score (nSPS) is 10.7. The molecule has 0 aliphatic heterocycles. The number of benzene rings is 6. The van der Waals surface area contributed by atoms with Crippen molar-refractivity contribution in [1.29, 1.82) is 0 Å². The van der Waals surface area contributed by atoms with Gasteiger partial charge in [-0.25, -0.2) is 0 Å². The van der Waals surface area contributed by atoms with Gasteiger partial charge in [-0.3, -0.25) is 0 Å². The molecule has 8 nitrogen and oxygen atoms in total. The topological polar surface area (TPSA) is 141 Å². The predicted octanol–water partition coefficient (Wildman–Crippen LogP) is 9.34. The van der Waals surface area contributed by atoms with E-state index in [9.17, 15) is 0 Å². The van der Waals surface area contributed by atoms with Gasteiger partial charge in [0.05, 0.1) is 32.5 Å². The average molecular weight is 615 g/mol. The van der Waals surface area contributed by atoms with Crippen molar-refractivity contribution in [3.05, 3.63) is 133 Å². The first-order valence-electron chi connectivity index (χ1n) is 14.0. The van der Waals surface area contributed by atoms with Crippen LogP contribution >= 0.6 is 11.8 Å². The summed E-state index contributed by atoms with van der Waals surface area (Å²) in [5, 5.41) is 0. The van der Waals surface area contributed by atoms with Crippen molar-refractivity contribution in [1.82, 2.24) is 0 Å². The van der Waals surface area contributed by atoms with Crippen LogP contribution in [0.1, 0.15) is 0 Å². The van der Waals surface area contributed by atoms with Crippen LogP contribution in [0.25, 0.3) is 0 Å². The Morgan fingerprint density at radius 3 is 0.978 bits per heavy atom. The molecule has 45 heavy (non-hydrogen) atoms. The van der Waals surface area contributed by atoms with E-state index in [0.717, 1.165) is 0 Å². The molecule has 6 aromatic carbocycles. The molecule has 224 valence electrons. The summed E-state index contributed by atoms with van der Waals surface area (Å²) in [5.41, 5.74) is 27.4. The van der Waals surface area contributed by atoms with Crippen molar-refractivity contribution in [3.63, 3.8) is 0 Å². The Morgan fingerprint density at radius 1 is 0.378 bits per heavy atom. The molecular formula is C36H30N4O4S. The first kappa shape index (κ1) is 29.2. The molecule has 0 saturated heterocycles. The average Bonchev–Trinajstić information content (AvgIpc) is 3.07. The first-order chi connectivity index (χ1) is 22.0. The molecule has 8 N–H and O–H groups in total. The van der Waals surface area contributed by atoms with Gasteiger partial charge in [-0.05, 0) is 48.5 Å². The Morgan fingerprint density at radius 2 is 0.667 bits per heavy atom. The van der Waals surface area contributed by atoms with Gasteiger partial charge < -0.3 is 41.9 Å². The first-order valence-corrected chi connectivity index (χ1v) is 14.8. The molecule has 0 bridgehead atoms. The van der Waals surface area contributed by atoms with Crippen LogP contribution in [0.15, 0.2) is 143 Å². The molecular weight excluding hydrogens is 584 g/mol. The minimum absolute atomic E-state index is 0.268. The van der Waals surface area contributed by atoms with Gasteiger partial charge in [-0.1, -0.05) is 84.6 Å². The van der Waals surface area contributed by atoms with E-state index in [1.807, 2.05) is 121 Å². The van der Waals surface area contributed by atoms with E-state index < -0.39 is 0 Å². The number of para-hydroxylation sites is 4. The maximum Gasteiger partial charge on any atom is 0.186 e. The van der Waals surface area contributed by atoms with Gasteiger partial charge in [0.1, 0.15) is 23.0 Å². The molecule has 0 radical (unpaired) electrons.